The number of hydrogen-bond acceptors (Lipinski definition) is 4. The zero-order valence-electron chi connectivity index (χ0n) is 13.1. The number of rotatable bonds is 4. The van der Waals surface area contributed by atoms with Crippen molar-refractivity contribution in [1.29, 1.82) is 0 Å². The zero-order valence-corrected chi connectivity index (χ0v) is 14.7. The lowest BCUT2D eigenvalue weighted by atomic mass is 10.2. The Balaban J connectivity index is 1.75. The van der Waals surface area contributed by atoms with Gasteiger partial charge in [0.05, 0.1) is 5.69 Å². The Morgan fingerprint density at radius 3 is 2.68 bits per heavy atom. The molecule has 0 radical (unpaired) electrons. The number of nitrogens with zero attached hydrogens (tertiary/aromatic N) is 2. The van der Waals surface area contributed by atoms with E-state index in [4.69, 9.17) is 4.42 Å². The lowest BCUT2D eigenvalue weighted by Crippen LogP contribution is -2.26. The fourth-order valence-corrected chi connectivity index (χ4v) is 2.75. The van der Waals surface area contributed by atoms with Crippen molar-refractivity contribution in [3.05, 3.63) is 68.9 Å². The minimum atomic E-state index is -0.766. The van der Waals surface area contributed by atoms with Crippen LogP contribution in [0.4, 0.5) is 10.1 Å². The van der Waals surface area contributed by atoms with E-state index in [1.807, 2.05) is 19.1 Å². The van der Waals surface area contributed by atoms with Crippen molar-refractivity contribution in [2.75, 3.05) is 5.32 Å². The van der Waals surface area contributed by atoms with Crippen molar-refractivity contribution in [2.45, 2.75) is 13.5 Å². The molecule has 0 atom stereocenters. The first-order valence-electron chi connectivity index (χ1n) is 7.32. The standard InChI is InChI=1S/C17H13BrFN3O3/c1-10-2-7-14(13(18)8-10)20-15(23)9-22-17(24)25-16(21-22)11-3-5-12(19)6-4-11/h2-8H,9H2,1H3,(H,20,23). The van der Waals surface area contributed by atoms with Gasteiger partial charge in [-0.2, -0.15) is 4.68 Å². The number of anilines is 1. The predicted molar refractivity (Wildman–Crippen MR) is 93.7 cm³/mol. The van der Waals surface area contributed by atoms with Gasteiger partial charge in [0.1, 0.15) is 12.4 Å². The van der Waals surface area contributed by atoms with Gasteiger partial charge < -0.3 is 9.73 Å². The molecule has 1 N–H and O–H groups in total. The van der Waals surface area contributed by atoms with Crippen molar-refractivity contribution >= 4 is 27.5 Å². The summed E-state index contributed by atoms with van der Waals surface area (Å²) in [4.78, 5) is 24.0. The van der Waals surface area contributed by atoms with Gasteiger partial charge in [-0.3, -0.25) is 4.79 Å². The van der Waals surface area contributed by atoms with E-state index < -0.39 is 17.5 Å². The number of amides is 1. The number of hydrogen-bond donors (Lipinski definition) is 1. The third-order valence-corrected chi connectivity index (χ3v) is 4.05. The summed E-state index contributed by atoms with van der Waals surface area (Å²) in [6, 6.07) is 10.8. The normalized spacial score (nSPS) is 10.7. The van der Waals surface area contributed by atoms with Crippen molar-refractivity contribution in [3.8, 4) is 11.5 Å². The Morgan fingerprint density at radius 1 is 1.28 bits per heavy atom. The van der Waals surface area contributed by atoms with Gasteiger partial charge in [0.15, 0.2) is 0 Å². The van der Waals surface area contributed by atoms with Gasteiger partial charge in [-0.1, -0.05) is 6.07 Å². The average Bonchev–Trinajstić information content (AvgIpc) is 2.91. The molecule has 6 nitrogen and oxygen atoms in total. The summed E-state index contributed by atoms with van der Waals surface area (Å²) in [7, 11) is 0. The fourth-order valence-electron chi connectivity index (χ4n) is 2.16. The molecule has 8 heteroatoms. The Bertz CT molecular complexity index is 980. The van der Waals surface area contributed by atoms with Gasteiger partial charge >= 0.3 is 5.76 Å². The molecule has 1 amide bonds. The van der Waals surface area contributed by atoms with Crippen LogP contribution in [-0.2, 0) is 11.3 Å². The molecule has 1 heterocycles. The lowest BCUT2D eigenvalue weighted by Gasteiger charge is -2.07. The molecule has 0 saturated heterocycles. The average molecular weight is 406 g/mol. The molecule has 1 aromatic heterocycles. The maximum absolute atomic E-state index is 12.9. The van der Waals surface area contributed by atoms with E-state index in [-0.39, 0.29) is 12.4 Å². The van der Waals surface area contributed by atoms with Gasteiger partial charge in [0.25, 0.3) is 0 Å². The van der Waals surface area contributed by atoms with Crippen LogP contribution in [0.3, 0.4) is 0 Å². The molecule has 0 aliphatic heterocycles. The van der Waals surface area contributed by atoms with Crippen LogP contribution in [0.2, 0.25) is 0 Å². The molecule has 0 aliphatic rings. The molecule has 0 fully saturated rings. The number of aromatic nitrogens is 2. The van der Waals surface area contributed by atoms with Crippen LogP contribution < -0.4 is 11.1 Å². The lowest BCUT2D eigenvalue weighted by molar-refractivity contribution is -0.117. The van der Waals surface area contributed by atoms with Crippen LogP contribution in [0, 0.1) is 12.7 Å². The van der Waals surface area contributed by atoms with Crippen LogP contribution in [0.15, 0.2) is 56.1 Å². The summed E-state index contributed by atoms with van der Waals surface area (Å²) in [5.74, 6) is -1.58. The number of carbonyl (C=O) groups is 1. The van der Waals surface area contributed by atoms with Gasteiger partial charge in [0, 0.05) is 10.0 Å². The highest BCUT2D eigenvalue weighted by molar-refractivity contribution is 9.10. The van der Waals surface area contributed by atoms with E-state index in [1.165, 1.54) is 24.3 Å². The van der Waals surface area contributed by atoms with Crippen molar-refractivity contribution in [2.24, 2.45) is 0 Å². The summed E-state index contributed by atoms with van der Waals surface area (Å²) in [5, 5.41) is 6.66. The molecule has 0 aliphatic carbocycles. The van der Waals surface area contributed by atoms with Crippen molar-refractivity contribution < 1.29 is 13.6 Å². The molecule has 3 rings (SSSR count). The van der Waals surface area contributed by atoms with Gasteiger partial charge in [-0.25, -0.2) is 9.18 Å². The molecule has 0 saturated carbocycles. The van der Waals surface area contributed by atoms with Crippen molar-refractivity contribution in [1.82, 2.24) is 9.78 Å². The SMILES string of the molecule is Cc1ccc(NC(=O)Cn2nc(-c3ccc(F)cc3)oc2=O)c(Br)c1. The second-order valence-corrected chi connectivity index (χ2v) is 6.22. The Hall–Kier alpha value is -2.74. The number of aryl methyl sites for hydroxylation is 1. The smallest absolute Gasteiger partial charge is 0.388 e. The molecule has 0 spiro atoms. The van der Waals surface area contributed by atoms with Crippen LogP contribution in [0.5, 0.6) is 0 Å². The fraction of sp³-hybridized carbons (Fsp3) is 0.118. The first kappa shape index (κ1) is 17.1. The minimum absolute atomic E-state index is 0.0225. The molecular weight excluding hydrogens is 393 g/mol. The first-order valence-corrected chi connectivity index (χ1v) is 8.11. The second-order valence-electron chi connectivity index (χ2n) is 5.37. The molecule has 25 heavy (non-hydrogen) atoms. The highest BCUT2D eigenvalue weighted by Gasteiger charge is 2.14. The van der Waals surface area contributed by atoms with Crippen LogP contribution in [0.1, 0.15) is 5.56 Å². The third-order valence-electron chi connectivity index (χ3n) is 3.39. The highest BCUT2D eigenvalue weighted by Crippen LogP contribution is 2.23. The maximum Gasteiger partial charge on any atom is 0.437 e. The summed E-state index contributed by atoms with van der Waals surface area (Å²) in [6.07, 6.45) is 0. The Labute approximate surface area is 150 Å². The van der Waals surface area contributed by atoms with E-state index in [0.29, 0.717) is 11.3 Å². The monoisotopic (exact) mass is 405 g/mol. The van der Waals surface area contributed by atoms with Gasteiger partial charge in [-0.15, -0.1) is 5.10 Å². The summed E-state index contributed by atoms with van der Waals surface area (Å²) in [5.41, 5.74) is 2.08. The van der Waals surface area contributed by atoms with E-state index in [0.717, 1.165) is 14.7 Å². The summed E-state index contributed by atoms with van der Waals surface area (Å²) >= 11 is 3.37. The third kappa shape index (κ3) is 4.03. The maximum atomic E-state index is 12.9. The van der Waals surface area contributed by atoms with Gasteiger partial charge in [0.2, 0.25) is 11.8 Å². The number of halogens is 2. The van der Waals surface area contributed by atoms with E-state index in [2.05, 4.69) is 26.3 Å². The summed E-state index contributed by atoms with van der Waals surface area (Å²) < 4.78 is 19.6. The van der Waals surface area contributed by atoms with Crippen LogP contribution in [-0.4, -0.2) is 15.7 Å². The van der Waals surface area contributed by atoms with E-state index in [9.17, 15) is 14.0 Å². The van der Waals surface area contributed by atoms with Gasteiger partial charge in [-0.05, 0) is 64.8 Å². The number of benzene rings is 2. The highest BCUT2D eigenvalue weighted by atomic mass is 79.9. The largest absolute Gasteiger partial charge is 0.437 e. The van der Waals surface area contributed by atoms with Crippen LogP contribution >= 0.6 is 15.9 Å². The number of nitrogens with one attached hydrogen (secondary N) is 1. The van der Waals surface area contributed by atoms with E-state index >= 15 is 0 Å². The molecule has 3 aromatic rings. The Kier molecular flexibility index (Phi) is 4.80. The summed E-state index contributed by atoms with van der Waals surface area (Å²) in [6.45, 7) is 1.63. The Morgan fingerprint density at radius 2 is 2.00 bits per heavy atom. The molecular formula is C17H13BrFN3O3. The topological polar surface area (TPSA) is 77.1 Å². The minimum Gasteiger partial charge on any atom is -0.388 e. The zero-order chi connectivity index (χ0) is 18.0. The van der Waals surface area contributed by atoms with Crippen LogP contribution in [0.25, 0.3) is 11.5 Å². The van der Waals surface area contributed by atoms with E-state index in [1.54, 1.807) is 6.07 Å². The molecule has 128 valence electrons. The quantitative estimate of drug-likeness (QED) is 0.721. The molecule has 0 bridgehead atoms. The second kappa shape index (κ2) is 7.02. The van der Waals surface area contributed by atoms with Crippen molar-refractivity contribution in [3.63, 3.8) is 0 Å². The molecule has 2 aromatic carbocycles. The molecule has 0 unspecified atom stereocenters. The number of carbonyl (C=O) groups excluding carboxylic acids is 1. The predicted octanol–water partition coefficient (Wildman–Crippen LogP) is 3.35. The first-order chi connectivity index (χ1) is 11.9.